The number of aromatic hydroxyl groups is 1. The lowest BCUT2D eigenvalue weighted by Gasteiger charge is -2.17. The zero-order chi connectivity index (χ0) is 19.6. The van der Waals surface area contributed by atoms with E-state index in [0.29, 0.717) is 18.7 Å². The van der Waals surface area contributed by atoms with Gasteiger partial charge in [0.15, 0.2) is 0 Å². The molecule has 5 heteroatoms. The molecule has 2 aromatic carbocycles. The minimum absolute atomic E-state index is 0.0872. The maximum absolute atomic E-state index is 12.9. The van der Waals surface area contributed by atoms with Gasteiger partial charge in [0, 0.05) is 13.1 Å². The SMILES string of the molecule is C=O.Cc1cc(-c2ccccc2)cc(C)c1-c1c(O)n2n(c1=O)CCCC2. The smallest absolute Gasteiger partial charge is 0.278 e. The summed E-state index contributed by atoms with van der Waals surface area (Å²) < 4.78 is 3.41. The highest BCUT2D eigenvalue weighted by molar-refractivity contribution is 5.78. The highest BCUT2D eigenvalue weighted by Crippen LogP contribution is 2.35. The molecule has 0 bridgehead atoms. The molecule has 0 amide bonds. The number of rotatable bonds is 2. The first-order valence-electron chi connectivity index (χ1n) is 9.06. The van der Waals surface area contributed by atoms with E-state index in [0.717, 1.165) is 40.7 Å². The Morgan fingerprint density at radius 1 is 0.852 bits per heavy atom. The minimum Gasteiger partial charge on any atom is -0.493 e. The van der Waals surface area contributed by atoms with Gasteiger partial charge in [0.2, 0.25) is 5.88 Å². The molecule has 0 atom stereocenters. The van der Waals surface area contributed by atoms with Crippen molar-refractivity contribution in [2.24, 2.45) is 0 Å². The molecule has 2 heterocycles. The van der Waals surface area contributed by atoms with E-state index in [1.54, 1.807) is 9.36 Å². The van der Waals surface area contributed by atoms with Crippen LogP contribution in [-0.4, -0.2) is 21.3 Å². The van der Waals surface area contributed by atoms with Crippen molar-refractivity contribution in [3.05, 3.63) is 63.9 Å². The van der Waals surface area contributed by atoms with E-state index in [9.17, 15) is 9.90 Å². The van der Waals surface area contributed by atoms with Gasteiger partial charge in [-0.1, -0.05) is 42.5 Å². The molecule has 1 aromatic heterocycles. The first-order valence-corrected chi connectivity index (χ1v) is 9.06. The van der Waals surface area contributed by atoms with Gasteiger partial charge in [-0.15, -0.1) is 0 Å². The zero-order valence-electron chi connectivity index (χ0n) is 15.7. The number of hydrogen-bond acceptors (Lipinski definition) is 3. The fourth-order valence-electron chi connectivity index (χ4n) is 3.92. The van der Waals surface area contributed by atoms with E-state index in [-0.39, 0.29) is 11.4 Å². The number of fused-ring (bicyclic) bond motifs is 1. The van der Waals surface area contributed by atoms with Crippen LogP contribution in [0, 0.1) is 13.8 Å². The molecule has 27 heavy (non-hydrogen) atoms. The lowest BCUT2D eigenvalue weighted by Crippen LogP contribution is -2.27. The van der Waals surface area contributed by atoms with Crippen LogP contribution in [0.3, 0.4) is 0 Å². The van der Waals surface area contributed by atoms with Gasteiger partial charge in [0.25, 0.3) is 5.56 Å². The van der Waals surface area contributed by atoms with Crippen LogP contribution in [-0.2, 0) is 17.9 Å². The van der Waals surface area contributed by atoms with Crippen molar-refractivity contribution < 1.29 is 9.90 Å². The maximum atomic E-state index is 12.9. The Morgan fingerprint density at radius 2 is 1.41 bits per heavy atom. The Labute approximate surface area is 158 Å². The van der Waals surface area contributed by atoms with E-state index in [1.165, 1.54) is 0 Å². The molecular weight excluding hydrogens is 340 g/mol. The maximum Gasteiger partial charge on any atom is 0.278 e. The van der Waals surface area contributed by atoms with Gasteiger partial charge in [-0.05, 0) is 54.5 Å². The first kappa shape index (κ1) is 18.7. The normalized spacial score (nSPS) is 12.8. The molecule has 1 N–H and O–H groups in total. The standard InChI is InChI=1S/C21H22N2O2.CH2O/c1-14-12-17(16-8-4-3-5-9-16)13-15(2)18(14)19-20(24)22-10-6-7-11-23(22)21(19)25;1-2/h3-5,8-9,12-13,24H,6-7,10-11H2,1-2H3;1H2. The molecule has 0 unspecified atom stereocenters. The third kappa shape index (κ3) is 3.21. The van der Waals surface area contributed by atoms with Crippen molar-refractivity contribution >= 4 is 6.79 Å². The molecule has 0 aliphatic carbocycles. The Hall–Kier alpha value is -3.08. The van der Waals surface area contributed by atoms with Crippen LogP contribution in [0.25, 0.3) is 22.3 Å². The van der Waals surface area contributed by atoms with Crippen LogP contribution in [0.2, 0.25) is 0 Å². The van der Waals surface area contributed by atoms with Crippen LogP contribution in [0.1, 0.15) is 24.0 Å². The van der Waals surface area contributed by atoms with Crippen molar-refractivity contribution in [3.63, 3.8) is 0 Å². The van der Waals surface area contributed by atoms with E-state index in [4.69, 9.17) is 4.79 Å². The molecule has 3 aromatic rings. The van der Waals surface area contributed by atoms with Crippen LogP contribution in [0.15, 0.2) is 47.3 Å². The summed E-state index contributed by atoms with van der Waals surface area (Å²) in [6.45, 7) is 7.39. The predicted octanol–water partition coefficient (Wildman–Crippen LogP) is 3.92. The number of carbonyl (C=O) groups is 1. The minimum atomic E-state index is -0.0872. The molecule has 140 valence electrons. The van der Waals surface area contributed by atoms with Crippen LogP contribution < -0.4 is 5.56 Å². The van der Waals surface area contributed by atoms with Gasteiger partial charge < -0.3 is 9.90 Å². The van der Waals surface area contributed by atoms with Gasteiger partial charge in [-0.3, -0.25) is 9.48 Å². The number of hydrogen-bond donors (Lipinski definition) is 1. The Bertz CT molecular complexity index is 993. The second kappa shape index (κ2) is 7.66. The van der Waals surface area contributed by atoms with Crippen molar-refractivity contribution in [3.8, 4) is 28.1 Å². The summed E-state index contributed by atoms with van der Waals surface area (Å²) >= 11 is 0. The fraction of sp³-hybridized carbons (Fsp3) is 0.273. The van der Waals surface area contributed by atoms with Crippen LogP contribution in [0.5, 0.6) is 5.88 Å². The molecule has 0 fully saturated rings. The predicted molar refractivity (Wildman–Crippen MR) is 107 cm³/mol. The van der Waals surface area contributed by atoms with Crippen molar-refractivity contribution in [2.45, 2.75) is 39.8 Å². The largest absolute Gasteiger partial charge is 0.493 e. The second-order valence-electron chi connectivity index (χ2n) is 6.81. The first-order chi connectivity index (χ1) is 13.1. The van der Waals surface area contributed by atoms with Crippen molar-refractivity contribution in [2.75, 3.05) is 0 Å². The number of nitrogens with zero attached hydrogens (tertiary/aromatic N) is 2. The van der Waals surface area contributed by atoms with Gasteiger partial charge in [0.1, 0.15) is 12.4 Å². The lowest BCUT2D eigenvalue weighted by atomic mass is 9.92. The molecule has 5 nitrogen and oxygen atoms in total. The average molecular weight is 364 g/mol. The summed E-state index contributed by atoms with van der Waals surface area (Å²) in [6.07, 6.45) is 1.97. The summed E-state index contributed by atoms with van der Waals surface area (Å²) in [5, 5.41) is 10.7. The van der Waals surface area contributed by atoms with Gasteiger partial charge >= 0.3 is 0 Å². The van der Waals surface area contributed by atoms with Gasteiger partial charge in [0.05, 0.1) is 0 Å². The quantitative estimate of drug-likeness (QED) is 0.750. The number of benzene rings is 2. The van der Waals surface area contributed by atoms with Crippen molar-refractivity contribution in [1.29, 1.82) is 0 Å². The van der Waals surface area contributed by atoms with E-state index in [2.05, 4.69) is 24.3 Å². The van der Waals surface area contributed by atoms with Gasteiger partial charge in [-0.2, -0.15) is 0 Å². The van der Waals surface area contributed by atoms with E-state index < -0.39 is 0 Å². The molecule has 0 saturated carbocycles. The summed E-state index contributed by atoms with van der Waals surface area (Å²) in [5.41, 5.74) is 5.51. The molecule has 1 aliphatic rings. The third-order valence-corrected chi connectivity index (χ3v) is 5.09. The Kier molecular flexibility index (Phi) is 5.31. The number of aryl methyl sites for hydroxylation is 2. The second-order valence-corrected chi connectivity index (χ2v) is 6.81. The molecular formula is C22H24N2O3. The number of carbonyl (C=O) groups excluding carboxylic acids is 1. The van der Waals surface area contributed by atoms with Crippen molar-refractivity contribution in [1.82, 2.24) is 9.36 Å². The summed E-state index contributed by atoms with van der Waals surface area (Å²) in [5.74, 6) is 0.100. The zero-order valence-corrected chi connectivity index (χ0v) is 15.7. The lowest BCUT2D eigenvalue weighted by molar-refractivity contribution is -0.0979. The Balaban J connectivity index is 0.00000102. The topological polar surface area (TPSA) is 64.2 Å². The molecule has 1 aliphatic heterocycles. The fourth-order valence-corrected chi connectivity index (χ4v) is 3.92. The highest BCUT2D eigenvalue weighted by Gasteiger charge is 2.25. The molecule has 0 saturated heterocycles. The molecule has 0 radical (unpaired) electrons. The summed E-state index contributed by atoms with van der Waals surface area (Å²) in [6, 6.07) is 14.4. The van der Waals surface area contributed by atoms with E-state index in [1.807, 2.05) is 38.8 Å². The summed E-state index contributed by atoms with van der Waals surface area (Å²) in [4.78, 5) is 20.9. The van der Waals surface area contributed by atoms with E-state index >= 15 is 0 Å². The Morgan fingerprint density at radius 3 is 1.96 bits per heavy atom. The third-order valence-electron chi connectivity index (χ3n) is 5.09. The highest BCUT2D eigenvalue weighted by atomic mass is 16.3. The monoisotopic (exact) mass is 364 g/mol. The van der Waals surface area contributed by atoms with Crippen LogP contribution >= 0.6 is 0 Å². The number of aromatic nitrogens is 2. The molecule has 4 rings (SSSR count). The van der Waals surface area contributed by atoms with Gasteiger partial charge in [-0.25, -0.2) is 4.68 Å². The molecule has 0 spiro atoms. The van der Waals surface area contributed by atoms with Crippen LogP contribution in [0.4, 0.5) is 0 Å². The average Bonchev–Trinajstić information content (AvgIpc) is 2.95. The summed E-state index contributed by atoms with van der Waals surface area (Å²) in [7, 11) is 0.